The van der Waals surface area contributed by atoms with E-state index in [-0.39, 0.29) is 48.1 Å². The smallest absolute Gasteiger partial charge is 0.243 e. The van der Waals surface area contributed by atoms with E-state index in [9.17, 15) is 22.4 Å². The van der Waals surface area contributed by atoms with Gasteiger partial charge in [-0.2, -0.15) is 0 Å². The van der Waals surface area contributed by atoms with Crippen LogP contribution < -0.4 is 10.0 Å². The third-order valence-corrected chi connectivity index (χ3v) is 8.37. The number of sulfonamides is 1. The van der Waals surface area contributed by atoms with Crippen LogP contribution in [0.2, 0.25) is 0 Å². The molecule has 0 unspecified atom stereocenters. The first kappa shape index (κ1) is 33.9. The SMILES string of the molecule is CCNS(=O)(=O)c1ccc(CCC(=O)N(Cc2ccc(F)cc2)[C@@H](Cc2ccccc2)C(=O)NCCCOC(C)C)cc1. The highest BCUT2D eigenvalue weighted by Gasteiger charge is 2.30. The molecule has 2 N–H and O–H groups in total. The summed E-state index contributed by atoms with van der Waals surface area (Å²) in [6.45, 7) is 6.93. The van der Waals surface area contributed by atoms with Crippen molar-refractivity contribution < 1.29 is 27.1 Å². The van der Waals surface area contributed by atoms with Crippen LogP contribution >= 0.6 is 0 Å². The van der Waals surface area contributed by atoms with Gasteiger partial charge >= 0.3 is 0 Å². The summed E-state index contributed by atoms with van der Waals surface area (Å²) >= 11 is 0. The second-order valence-corrected chi connectivity index (χ2v) is 12.3. The summed E-state index contributed by atoms with van der Waals surface area (Å²) < 4.78 is 46.3. The van der Waals surface area contributed by atoms with Crippen molar-refractivity contribution in [2.45, 2.75) is 70.0 Å². The average molecular weight is 612 g/mol. The summed E-state index contributed by atoms with van der Waals surface area (Å²) in [7, 11) is -3.58. The molecule has 0 heterocycles. The molecule has 3 aromatic carbocycles. The molecule has 8 nitrogen and oxygen atoms in total. The lowest BCUT2D eigenvalue weighted by Gasteiger charge is -2.32. The summed E-state index contributed by atoms with van der Waals surface area (Å²) in [5.41, 5.74) is 2.39. The van der Waals surface area contributed by atoms with Gasteiger partial charge in [0, 0.05) is 39.1 Å². The fraction of sp³-hybridized carbons (Fsp3) is 0.394. The number of amides is 2. The Labute approximate surface area is 254 Å². The largest absolute Gasteiger partial charge is 0.379 e. The molecule has 0 spiro atoms. The van der Waals surface area contributed by atoms with E-state index in [0.29, 0.717) is 38.0 Å². The van der Waals surface area contributed by atoms with Crippen LogP contribution in [0.5, 0.6) is 0 Å². The number of carbonyl (C=O) groups is 2. The maximum Gasteiger partial charge on any atom is 0.243 e. The number of nitrogens with one attached hydrogen (secondary N) is 2. The number of carbonyl (C=O) groups excluding carboxylic acids is 2. The predicted octanol–water partition coefficient (Wildman–Crippen LogP) is 4.63. The van der Waals surface area contributed by atoms with E-state index >= 15 is 0 Å². The minimum atomic E-state index is -3.58. The molecule has 0 aliphatic rings. The Morgan fingerprint density at radius 2 is 1.56 bits per heavy atom. The Kier molecular flexibility index (Phi) is 13.3. The number of hydrogen-bond donors (Lipinski definition) is 2. The lowest BCUT2D eigenvalue weighted by atomic mass is 10.0. The molecular formula is C33H42FN3O5S. The van der Waals surface area contributed by atoms with Crippen molar-refractivity contribution in [1.29, 1.82) is 0 Å². The Hall–Kier alpha value is -3.60. The number of rotatable bonds is 17. The lowest BCUT2D eigenvalue weighted by molar-refractivity contribution is -0.141. The molecular weight excluding hydrogens is 569 g/mol. The van der Waals surface area contributed by atoms with E-state index < -0.39 is 16.1 Å². The Morgan fingerprint density at radius 1 is 0.907 bits per heavy atom. The number of hydrogen-bond acceptors (Lipinski definition) is 5. The second-order valence-electron chi connectivity index (χ2n) is 10.6. The summed E-state index contributed by atoms with van der Waals surface area (Å²) in [6, 6.07) is 21.0. The zero-order valence-corrected chi connectivity index (χ0v) is 25.9. The quantitative estimate of drug-likeness (QED) is 0.217. The molecule has 1 atom stereocenters. The van der Waals surface area contributed by atoms with Crippen molar-refractivity contribution in [1.82, 2.24) is 14.9 Å². The molecule has 2 amide bonds. The van der Waals surface area contributed by atoms with Gasteiger partial charge in [0.1, 0.15) is 11.9 Å². The summed E-state index contributed by atoms with van der Waals surface area (Å²) in [4.78, 5) is 29.2. The molecule has 0 saturated carbocycles. The van der Waals surface area contributed by atoms with Crippen molar-refractivity contribution in [3.05, 3.63) is 101 Å². The monoisotopic (exact) mass is 611 g/mol. The Morgan fingerprint density at radius 3 is 2.19 bits per heavy atom. The lowest BCUT2D eigenvalue weighted by Crippen LogP contribution is -2.50. The van der Waals surface area contributed by atoms with E-state index in [1.165, 1.54) is 24.3 Å². The van der Waals surface area contributed by atoms with Crippen molar-refractivity contribution in [3.63, 3.8) is 0 Å². The van der Waals surface area contributed by atoms with Crippen LogP contribution in [0.15, 0.2) is 83.8 Å². The topological polar surface area (TPSA) is 105 Å². The molecule has 232 valence electrons. The number of ether oxygens (including phenoxy) is 1. The molecule has 0 bridgehead atoms. The number of benzene rings is 3. The van der Waals surface area contributed by atoms with Crippen molar-refractivity contribution in [3.8, 4) is 0 Å². The first-order chi connectivity index (χ1) is 20.6. The van der Waals surface area contributed by atoms with Crippen LogP contribution in [-0.4, -0.2) is 57.0 Å². The molecule has 0 aliphatic carbocycles. The maximum atomic E-state index is 13.8. The minimum Gasteiger partial charge on any atom is -0.379 e. The Balaban J connectivity index is 1.82. The first-order valence-electron chi connectivity index (χ1n) is 14.6. The first-order valence-corrected chi connectivity index (χ1v) is 16.1. The van der Waals surface area contributed by atoms with E-state index in [4.69, 9.17) is 4.74 Å². The third kappa shape index (κ3) is 11.2. The molecule has 3 rings (SSSR count). The van der Waals surface area contributed by atoms with Gasteiger partial charge in [-0.25, -0.2) is 17.5 Å². The molecule has 0 radical (unpaired) electrons. The van der Waals surface area contributed by atoms with Gasteiger partial charge in [-0.15, -0.1) is 0 Å². The summed E-state index contributed by atoms with van der Waals surface area (Å²) in [5, 5.41) is 2.98. The fourth-order valence-corrected chi connectivity index (χ4v) is 5.61. The van der Waals surface area contributed by atoms with Gasteiger partial charge in [-0.05, 0) is 67.6 Å². The van der Waals surface area contributed by atoms with Crippen molar-refractivity contribution in [2.75, 3.05) is 19.7 Å². The van der Waals surface area contributed by atoms with Gasteiger partial charge < -0.3 is 15.0 Å². The number of nitrogens with zero attached hydrogens (tertiary/aromatic N) is 1. The van der Waals surface area contributed by atoms with Crippen LogP contribution in [0, 0.1) is 5.82 Å². The van der Waals surface area contributed by atoms with Crippen molar-refractivity contribution in [2.24, 2.45) is 0 Å². The van der Waals surface area contributed by atoms with Gasteiger partial charge in [0.05, 0.1) is 11.0 Å². The molecule has 0 aromatic heterocycles. The van der Waals surface area contributed by atoms with Crippen molar-refractivity contribution >= 4 is 21.8 Å². The Bertz CT molecular complexity index is 1400. The molecule has 0 aliphatic heterocycles. The van der Waals surface area contributed by atoms with E-state index in [1.54, 1.807) is 36.1 Å². The van der Waals surface area contributed by atoms with Crippen LogP contribution in [0.1, 0.15) is 50.3 Å². The van der Waals surface area contributed by atoms with E-state index in [2.05, 4.69) is 10.0 Å². The standard InChI is InChI=1S/C33H42FN3O5S/c1-4-36-43(40,41)30-18-13-26(14-19-30)15-20-32(38)37(24-28-11-16-29(34)17-12-28)31(23-27-9-6-5-7-10-27)33(39)35-21-8-22-42-25(2)3/h5-7,9-14,16-19,25,31,36H,4,8,15,20-24H2,1-3H3,(H,35,39)/t31-/m0/s1. The van der Waals surface area contributed by atoms with Gasteiger partial charge in [-0.3, -0.25) is 9.59 Å². The zero-order valence-electron chi connectivity index (χ0n) is 25.1. The molecule has 3 aromatic rings. The summed E-state index contributed by atoms with van der Waals surface area (Å²) in [6.07, 6.45) is 1.49. The minimum absolute atomic E-state index is 0.0963. The van der Waals surface area contributed by atoms with Crippen LogP contribution in [-0.2, 0) is 43.7 Å². The van der Waals surface area contributed by atoms with Crippen LogP contribution in [0.25, 0.3) is 0 Å². The second kappa shape index (κ2) is 16.9. The van der Waals surface area contributed by atoms with Gasteiger partial charge in [-0.1, -0.05) is 61.5 Å². The van der Waals surface area contributed by atoms with Crippen LogP contribution in [0.4, 0.5) is 4.39 Å². The summed E-state index contributed by atoms with van der Waals surface area (Å²) in [5.74, 6) is -0.904. The number of aryl methyl sites for hydroxylation is 1. The third-order valence-electron chi connectivity index (χ3n) is 6.80. The zero-order chi connectivity index (χ0) is 31.2. The van der Waals surface area contributed by atoms with Gasteiger partial charge in [0.15, 0.2) is 0 Å². The highest BCUT2D eigenvalue weighted by Crippen LogP contribution is 2.18. The normalized spacial score (nSPS) is 12.2. The number of halogens is 1. The average Bonchev–Trinajstić information content (AvgIpc) is 2.99. The fourth-order valence-electron chi connectivity index (χ4n) is 4.56. The van der Waals surface area contributed by atoms with E-state index in [1.807, 2.05) is 44.2 Å². The molecule has 0 fully saturated rings. The molecule has 43 heavy (non-hydrogen) atoms. The van der Waals surface area contributed by atoms with Crippen LogP contribution in [0.3, 0.4) is 0 Å². The van der Waals surface area contributed by atoms with Gasteiger partial charge in [0.25, 0.3) is 0 Å². The molecule has 0 saturated heterocycles. The molecule has 10 heteroatoms. The van der Waals surface area contributed by atoms with E-state index in [0.717, 1.165) is 11.1 Å². The maximum absolute atomic E-state index is 13.8. The predicted molar refractivity (Wildman–Crippen MR) is 165 cm³/mol. The highest BCUT2D eigenvalue weighted by atomic mass is 32.2. The van der Waals surface area contributed by atoms with Gasteiger partial charge in [0.2, 0.25) is 21.8 Å². The highest BCUT2D eigenvalue weighted by molar-refractivity contribution is 7.89.